The molecule has 0 aromatic heterocycles. The highest BCUT2D eigenvalue weighted by Gasteiger charge is 2.04. The van der Waals surface area contributed by atoms with Crippen LogP contribution in [0.5, 0.6) is 0 Å². The summed E-state index contributed by atoms with van der Waals surface area (Å²) in [5.41, 5.74) is 21.6. The van der Waals surface area contributed by atoms with Gasteiger partial charge in [-0.1, -0.05) is 6.08 Å². The molecule has 0 amide bonds. The lowest BCUT2D eigenvalue weighted by atomic mass is 10.1. The maximum atomic E-state index is 5.51. The van der Waals surface area contributed by atoms with E-state index in [1.165, 1.54) is 0 Å². The summed E-state index contributed by atoms with van der Waals surface area (Å²) >= 11 is 0. The first-order valence-corrected chi connectivity index (χ1v) is 2.96. The molecule has 0 aliphatic rings. The van der Waals surface area contributed by atoms with Crippen LogP contribution >= 0.6 is 0 Å². The molecule has 0 saturated carbocycles. The van der Waals surface area contributed by atoms with Crippen molar-refractivity contribution >= 4 is 0 Å². The van der Waals surface area contributed by atoms with Gasteiger partial charge in [-0.05, 0) is 6.42 Å². The molecule has 8 N–H and O–H groups in total. The van der Waals surface area contributed by atoms with Crippen LogP contribution in [0.2, 0.25) is 0 Å². The Bertz CT molecular complexity index is 146. The third kappa shape index (κ3) is 2.41. The van der Waals surface area contributed by atoms with Crippen molar-refractivity contribution in [2.75, 3.05) is 0 Å². The average molecular weight is 142 g/mol. The van der Waals surface area contributed by atoms with E-state index in [4.69, 9.17) is 22.9 Å². The second-order valence-corrected chi connectivity index (χ2v) is 2.04. The molecule has 0 heterocycles. The largest absolute Gasteiger partial charge is 0.398 e. The van der Waals surface area contributed by atoms with Crippen molar-refractivity contribution in [3.8, 4) is 0 Å². The number of rotatable bonds is 3. The Morgan fingerprint density at radius 2 is 1.90 bits per heavy atom. The lowest BCUT2D eigenvalue weighted by molar-refractivity contribution is 0.758. The Morgan fingerprint density at radius 1 is 1.40 bits per heavy atom. The van der Waals surface area contributed by atoms with Crippen molar-refractivity contribution in [2.24, 2.45) is 22.9 Å². The van der Waals surface area contributed by atoms with Gasteiger partial charge in [-0.3, -0.25) is 0 Å². The molecular weight excluding hydrogens is 128 g/mol. The summed E-state index contributed by atoms with van der Waals surface area (Å²) < 4.78 is 0. The molecule has 0 aromatic rings. The lowest BCUT2D eigenvalue weighted by Crippen LogP contribution is -2.32. The fourth-order valence-electron chi connectivity index (χ4n) is 0.521. The highest BCUT2D eigenvalue weighted by molar-refractivity contribution is 5.11. The van der Waals surface area contributed by atoms with Crippen molar-refractivity contribution in [1.29, 1.82) is 0 Å². The standard InChI is InChI=1S/C6H14N4/c1-2-3-4(7)5(8)6(9)10/h2,4H,1,3,7-10H2. The van der Waals surface area contributed by atoms with Crippen LogP contribution in [-0.4, -0.2) is 6.04 Å². The molecule has 0 radical (unpaired) electrons. The van der Waals surface area contributed by atoms with Crippen LogP contribution in [0.25, 0.3) is 0 Å². The summed E-state index contributed by atoms with van der Waals surface area (Å²) in [6.07, 6.45) is 2.25. The van der Waals surface area contributed by atoms with Gasteiger partial charge in [-0.25, -0.2) is 0 Å². The molecule has 0 rings (SSSR count). The van der Waals surface area contributed by atoms with Gasteiger partial charge in [0.05, 0.1) is 11.7 Å². The van der Waals surface area contributed by atoms with E-state index < -0.39 is 0 Å². The van der Waals surface area contributed by atoms with Crippen LogP contribution in [0.3, 0.4) is 0 Å². The Balaban J connectivity index is 4.06. The quantitative estimate of drug-likeness (QED) is 0.377. The Labute approximate surface area is 60.5 Å². The normalized spacial score (nSPS) is 12.1. The molecule has 0 aromatic carbocycles. The summed E-state index contributed by atoms with van der Waals surface area (Å²) in [6, 6.07) is -0.303. The topological polar surface area (TPSA) is 104 Å². The second kappa shape index (κ2) is 3.79. The second-order valence-electron chi connectivity index (χ2n) is 2.04. The number of hydrogen-bond acceptors (Lipinski definition) is 4. The van der Waals surface area contributed by atoms with Crippen LogP contribution in [0.1, 0.15) is 6.42 Å². The van der Waals surface area contributed by atoms with Gasteiger partial charge in [-0.15, -0.1) is 6.58 Å². The fraction of sp³-hybridized carbons (Fsp3) is 0.333. The molecular formula is C6H14N4. The van der Waals surface area contributed by atoms with Gasteiger partial charge >= 0.3 is 0 Å². The Hall–Kier alpha value is -1.16. The van der Waals surface area contributed by atoms with E-state index in [-0.39, 0.29) is 11.9 Å². The van der Waals surface area contributed by atoms with Gasteiger partial charge in [0.15, 0.2) is 0 Å². The van der Waals surface area contributed by atoms with E-state index in [9.17, 15) is 0 Å². The molecule has 0 fully saturated rings. The maximum Gasteiger partial charge on any atom is 0.114 e. The van der Waals surface area contributed by atoms with E-state index in [0.717, 1.165) is 0 Å². The van der Waals surface area contributed by atoms with Gasteiger partial charge in [-0.2, -0.15) is 0 Å². The van der Waals surface area contributed by atoms with Crippen LogP contribution in [0, 0.1) is 0 Å². The third-order valence-corrected chi connectivity index (χ3v) is 1.15. The SMILES string of the molecule is C=CCC(N)C(N)=C(N)N. The minimum Gasteiger partial charge on any atom is -0.398 e. The lowest BCUT2D eigenvalue weighted by Gasteiger charge is -2.09. The molecule has 0 saturated heterocycles. The number of hydrogen-bond donors (Lipinski definition) is 4. The van der Waals surface area contributed by atoms with Gasteiger partial charge in [0.25, 0.3) is 0 Å². The molecule has 10 heavy (non-hydrogen) atoms. The summed E-state index contributed by atoms with van der Waals surface area (Å²) in [4.78, 5) is 0. The first-order chi connectivity index (χ1) is 4.59. The van der Waals surface area contributed by atoms with Crippen molar-refractivity contribution in [1.82, 2.24) is 0 Å². The first-order valence-electron chi connectivity index (χ1n) is 2.96. The minimum absolute atomic E-state index is 0.0920. The molecule has 0 spiro atoms. The third-order valence-electron chi connectivity index (χ3n) is 1.15. The zero-order chi connectivity index (χ0) is 8.15. The predicted molar refractivity (Wildman–Crippen MR) is 42.4 cm³/mol. The fourth-order valence-corrected chi connectivity index (χ4v) is 0.521. The van der Waals surface area contributed by atoms with Crippen molar-refractivity contribution in [3.05, 3.63) is 24.2 Å². The van der Waals surface area contributed by atoms with E-state index in [0.29, 0.717) is 12.1 Å². The molecule has 4 heteroatoms. The van der Waals surface area contributed by atoms with Gasteiger partial charge < -0.3 is 22.9 Å². The van der Waals surface area contributed by atoms with Crippen LogP contribution in [0.4, 0.5) is 0 Å². The zero-order valence-electron chi connectivity index (χ0n) is 5.88. The highest BCUT2D eigenvalue weighted by Crippen LogP contribution is 1.97. The van der Waals surface area contributed by atoms with Gasteiger partial charge in [0.1, 0.15) is 5.82 Å². The Kier molecular flexibility index (Phi) is 3.35. The molecule has 4 nitrogen and oxygen atoms in total. The molecule has 0 aliphatic carbocycles. The molecule has 58 valence electrons. The molecule has 0 bridgehead atoms. The Morgan fingerprint density at radius 3 is 2.20 bits per heavy atom. The number of nitrogens with two attached hydrogens (primary N) is 4. The van der Waals surface area contributed by atoms with E-state index in [2.05, 4.69) is 6.58 Å². The average Bonchev–Trinajstić information content (AvgIpc) is 1.87. The van der Waals surface area contributed by atoms with Gasteiger partial charge in [0.2, 0.25) is 0 Å². The van der Waals surface area contributed by atoms with E-state index in [1.807, 2.05) is 0 Å². The smallest absolute Gasteiger partial charge is 0.114 e. The van der Waals surface area contributed by atoms with Crippen molar-refractivity contribution < 1.29 is 0 Å². The highest BCUT2D eigenvalue weighted by atomic mass is 14.9. The summed E-state index contributed by atoms with van der Waals surface area (Å²) in [5, 5.41) is 0. The van der Waals surface area contributed by atoms with Crippen LogP contribution in [0.15, 0.2) is 24.2 Å². The minimum atomic E-state index is -0.303. The van der Waals surface area contributed by atoms with Crippen molar-refractivity contribution in [2.45, 2.75) is 12.5 Å². The molecule has 1 atom stereocenters. The van der Waals surface area contributed by atoms with E-state index >= 15 is 0 Å². The summed E-state index contributed by atoms with van der Waals surface area (Å²) in [5.74, 6) is 0.0920. The summed E-state index contributed by atoms with van der Waals surface area (Å²) in [6.45, 7) is 3.50. The monoisotopic (exact) mass is 142 g/mol. The van der Waals surface area contributed by atoms with Gasteiger partial charge in [0, 0.05) is 0 Å². The molecule has 1 unspecified atom stereocenters. The van der Waals surface area contributed by atoms with Crippen molar-refractivity contribution in [3.63, 3.8) is 0 Å². The predicted octanol–water partition coefficient (Wildman–Crippen LogP) is -1.06. The van der Waals surface area contributed by atoms with Crippen LogP contribution in [-0.2, 0) is 0 Å². The first kappa shape index (κ1) is 8.84. The summed E-state index contributed by atoms with van der Waals surface area (Å²) in [7, 11) is 0. The zero-order valence-corrected chi connectivity index (χ0v) is 5.88. The van der Waals surface area contributed by atoms with E-state index in [1.54, 1.807) is 6.08 Å². The molecule has 0 aliphatic heterocycles. The van der Waals surface area contributed by atoms with Crippen LogP contribution < -0.4 is 22.9 Å². The maximum absolute atomic E-state index is 5.51.